The van der Waals surface area contributed by atoms with Crippen molar-refractivity contribution < 1.29 is 14.3 Å². The second kappa shape index (κ2) is 4.77. The third-order valence-electron chi connectivity index (χ3n) is 1.42. The number of carbonyl (C=O) groups excluding carboxylic acids is 2. The molecule has 0 radical (unpaired) electrons. The molecule has 4 heteroatoms. The molecule has 0 fully saturated rings. The minimum Gasteiger partial charge on any atom is -0.460 e. The average molecular weight is 198 g/mol. The van der Waals surface area contributed by atoms with E-state index in [-0.39, 0.29) is 13.0 Å². The molecule has 0 amide bonds. The Hall–Kier alpha value is -1.16. The Morgan fingerprint density at radius 2 is 2.31 bits per heavy atom. The van der Waals surface area contributed by atoms with Crippen molar-refractivity contribution in [2.75, 3.05) is 6.61 Å². The minimum absolute atomic E-state index is 0.149. The zero-order chi connectivity index (χ0) is 9.68. The molecule has 0 atom stereocenters. The van der Waals surface area contributed by atoms with Crippen molar-refractivity contribution in [1.82, 2.24) is 0 Å². The molecule has 3 nitrogen and oxygen atoms in total. The van der Waals surface area contributed by atoms with Crippen LogP contribution in [0.3, 0.4) is 0 Å². The van der Waals surface area contributed by atoms with Crippen LogP contribution in [0.15, 0.2) is 17.5 Å². The maximum atomic E-state index is 11.1. The monoisotopic (exact) mass is 198 g/mol. The first kappa shape index (κ1) is 9.92. The van der Waals surface area contributed by atoms with Crippen molar-refractivity contribution in [2.45, 2.75) is 13.3 Å². The Bertz CT molecular complexity index is 290. The smallest absolute Gasteiger partial charge is 0.374 e. The fraction of sp³-hybridized carbons (Fsp3) is 0.333. The van der Waals surface area contributed by atoms with Crippen molar-refractivity contribution in [3.63, 3.8) is 0 Å². The molecule has 1 rings (SSSR count). The summed E-state index contributed by atoms with van der Waals surface area (Å²) >= 11 is 1.46. The summed E-state index contributed by atoms with van der Waals surface area (Å²) in [6, 6.07) is 3.67. The van der Waals surface area contributed by atoms with Crippen LogP contribution in [-0.2, 0) is 20.7 Å². The molecule has 0 bridgehead atoms. The third kappa shape index (κ3) is 2.99. The van der Waals surface area contributed by atoms with Gasteiger partial charge in [0.05, 0.1) is 13.0 Å². The number of ether oxygens (including phenoxy) is 1. The highest BCUT2D eigenvalue weighted by Gasteiger charge is 2.15. The highest BCUT2D eigenvalue weighted by molar-refractivity contribution is 7.10. The van der Waals surface area contributed by atoms with E-state index < -0.39 is 11.8 Å². The van der Waals surface area contributed by atoms with Gasteiger partial charge in [-0.25, -0.2) is 4.79 Å². The zero-order valence-corrected chi connectivity index (χ0v) is 8.10. The van der Waals surface area contributed by atoms with Crippen molar-refractivity contribution in [1.29, 1.82) is 0 Å². The summed E-state index contributed by atoms with van der Waals surface area (Å²) in [6.45, 7) is 1.92. The molecule has 70 valence electrons. The van der Waals surface area contributed by atoms with E-state index in [1.165, 1.54) is 11.3 Å². The Morgan fingerprint density at radius 3 is 2.85 bits per heavy atom. The number of esters is 1. The van der Waals surface area contributed by atoms with E-state index in [1.807, 2.05) is 17.5 Å². The van der Waals surface area contributed by atoms with E-state index in [1.54, 1.807) is 6.92 Å². The van der Waals surface area contributed by atoms with E-state index in [4.69, 9.17) is 0 Å². The van der Waals surface area contributed by atoms with Gasteiger partial charge in [-0.05, 0) is 18.4 Å². The fourth-order valence-corrected chi connectivity index (χ4v) is 1.56. The van der Waals surface area contributed by atoms with E-state index in [9.17, 15) is 9.59 Å². The van der Waals surface area contributed by atoms with Gasteiger partial charge < -0.3 is 4.74 Å². The molecule has 0 aliphatic rings. The molecule has 0 aromatic carbocycles. The highest BCUT2D eigenvalue weighted by atomic mass is 32.1. The summed E-state index contributed by atoms with van der Waals surface area (Å²) in [4.78, 5) is 22.9. The van der Waals surface area contributed by atoms with Crippen LogP contribution in [0.4, 0.5) is 0 Å². The number of Topliss-reactive ketones (excluding diaryl/α,β-unsaturated/α-hetero) is 1. The Balaban J connectivity index is 2.46. The highest BCUT2D eigenvalue weighted by Crippen LogP contribution is 2.09. The molecule has 0 N–H and O–H groups in total. The van der Waals surface area contributed by atoms with Crippen molar-refractivity contribution in [3.8, 4) is 0 Å². The fourth-order valence-electron chi connectivity index (χ4n) is 0.855. The van der Waals surface area contributed by atoms with Gasteiger partial charge in [0.25, 0.3) is 0 Å². The lowest BCUT2D eigenvalue weighted by atomic mass is 10.2. The summed E-state index contributed by atoms with van der Waals surface area (Å²) in [6.07, 6.45) is 0.149. The largest absolute Gasteiger partial charge is 0.460 e. The lowest BCUT2D eigenvalue weighted by molar-refractivity contribution is -0.153. The lowest BCUT2D eigenvalue weighted by Gasteiger charge is -1.98. The summed E-state index contributed by atoms with van der Waals surface area (Å²) in [5, 5.41) is 1.87. The van der Waals surface area contributed by atoms with Gasteiger partial charge in [-0.15, -0.1) is 11.3 Å². The number of thiophene rings is 1. The summed E-state index contributed by atoms with van der Waals surface area (Å²) in [5.41, 5.74) is 0. The van der Waals surface area contributed by atoms with Crippen molar-refractivity contribution in [2.24, 2.45) is 0 Å². The van der Waals surface area contributed by atoms with Crippen LogP contribution in [0.1, 0.15) is 11.8 Å². The molecule has 0 saturated heterocycles. The van der Waals surface area contributed by atoms with Gasteiger partial charge in [0.15, 0.2) is 0 Å². The molecule has 0 unspecified atom stereocenters. The second-order valence-electron chi connectivity index (χ2n) is 2.40. The Labute approximate surface area is 80.3 Å². The molecule has 0 aliphatic carbocycles. The van der Waals surface area contributed by atoms with Gasteiger partial charge in [0.2, 0.25) is 5.78 Å². The van der Waals surface area contributed by atoms with Gasteiger partial charge in [-0.1, -0.05) is 6.07 Å². The molecular formula is C9H10O3S. The number of carbonyl (C=O) groups is 2. The van der Waals surface area contributed by atoms with Gasteiger partial charge in [-0.3, -0.25) is 4.79 Å². The van der Waals surface area contributed by atoms with Crippen molar-refractivity contribution >= 4 is 23.1 Å². The number of ketones is 1. The standard InChI is InChI=1S/C9H10O3S/c1-2-12-9(11)8(10)6-7-4-3-5-13-7/h3-5H,2,6H2,1H3. The number of hydrogen-bond donors (Lipinski definition) is 0. The normalized spacial score (nSPS) is 9.62. The molecule has 1 aromatic heterocycles. The average Bonchev–Trinajstić information content (AvgIpc) is 2.57. The molecule has 0 spiro atoms. The predicted molar refractivity (Wildman–Crippen MR) is 49.7 cm³/mol. The van der Waals surface area contributed by atoms with Crippen LogP contribution in [-0.4, -0.2) is 18.4 Å². The van der Waals surface area contributed by atoms with Crippen LogP contribution in [0, 0.1) is 0 Å². The maximum Gasteiger partial charge on any atom is 0.374 e. The van der Waals surface area contributed by atoms with Gasteiger partial charge >= 0.3 is 5.97 Å². The zero-order valence-electron chi connectivity index (χ0n) is 7.28. The van der Waals surface area contributed by atoms with Crippen LogP contribution in [0.2, 0.25) is 0 Å². The predicted octanol–water partition coefficient (Wildman–Crippen LogP) is 1.42. The lowest BCUT2D eigenvalue weighted by Crippen LogP contribution is -2.18. The van der Waals surface area contributed by atoms with Crippen LogP contribution < -0.4 is 0 Å². The van der Waals surface area contributed by atoms with Gasteiger partial charge in [-0.2, -0.15) is 0 Å². The quantitative estimate of drug-likeness (QED) is 0.543. The first-order chi connectivity index (χ1) is 6.24. The van der Waals surface area contributed by atoms with E-state index in [2.05, 4.69) is 4.74 Å². The number of hydrogen-bond acceptors (Lipinski definition) is 4. The molecule has 1 heterocycles. The van der Waals surface area contributed by atoms with Crippen LogP contribution >= 0.6 is 11.3 Å². The van der Waals surface area contributed by atoms with E-state index in [0.717, 1.165) is 4.88 Å². The minimum atomic E-state index is -0.740. The Morgan fingerprint density at radius 1 is 1.54 bits per heavy atom. The van der Waals surface area contributed by atoms with Gasteiger partial charge in [0.1, 0.15) is 0 Å². The first-order valence-corrected chi connectivity index (χ1v) is 4.84. The van der Waals surface area contributed by atoms with E-state index in [0.29, 0.717) is 0 Å². The van der Waals surface area contributed by atoms with Crippen LogP contribution in [0.25, 0.3) is 0 Å². The third-order valence-corrected chi connectivity index (χ3v) is 2.29. The molecule has 0 aliphatic heterocycles. The second-order valence-corrected chi connectivity index (χ2v) is 3.43. The molecule has 0 saturated carbocycles. The van der Waals surface area contributed by atoms with Crippen molar-refractivity contribution in [3.05, 3.63) is 22.4 Å². The first-order valence-electron chi connectivity index (χ1n) is 3.96. The number of rotatable bonds is 4. The van der Waals surface area contributed by atoms with Gasteiger partial charge in [0, 0.05) is 4.88 Å². The summed E-state index contributed by atoms with van der Waals surface area (Å²) in [7, 11) is 0. The Kier molecular flexibility index (Phi) is 3.64. The molecule has 1 aromatic rings. The summed E-state index contributed by atoms with van der Waals surface area (Å²) in [5.74, 6) is -1.22. The summed E-state index contributed by atoms with van der Waals surface area (Å²) < 4.78 is 4.57. The maximum absolute atomic E-state index is 11.1. The van der Waals surface area contributed by atoms with E-state index >= 15 is 0 Å². The SMILES string of the molecule is CCOC(=O)C(=O)Cc1cccs1. The van der Waals surface area contributed by atoms with Crippen LogP contribution in [0.5, 0.6) is 0 Å². The molecule has 13 heavy (non-hydrogen) atoms. The topological polar surface area (TPSA) is 43.4 Å². The molecular weight excluding hydrogens is 188 g/mol.